The molecular weight excluding hydrogens is 290 g/mol. The van der Waals surface area contributed by atoms with Crippen LogP contribution in [0.25, 0.3) is 0 Å². The molecule has 0 heterocycles. The summed E-state index contributed by atoms with van der Waals surface area (Å²) in [6.07, 6.45) is -0.557. The lowest BCUT2D eigenvalue weighted by molar-refractivity contribution is -0.127. The van der Waals surface area contributed by atoms with Crippen molar-refractivity contribution in [3.63, 3.8) is 0 Å². The Balaban J connectivity index is 1.92. The summed E-state index contributed by atoms with van der Waals surface area (Å²) in [5, 5.41) is 2.96. The van der Waals surface area contributed by atoms with Gasteiger partial charge >= 0.3 is 0 Å². The van der Waals surface area contributed by atoms with Crippen LogP contribution in [0.1, 0.15) is 31.0 Å². The van der Waals surface area contributed by atoms with E-state index in [2.05, 4.69) is 5.32 Å². The van der Waals surface area contributed by atoms with Gasteiger partial charge < -0.3 is 14.8 Å². The SMILES string of the molecule is COc1ccc([C@@H](C)NC(=O)[C@H](C)Oc2ccc(C)cc2)cc1. The van der Waals surface area contributed by atoms with Crippen molar-refractivity contribution in [1.29, 1.82) is 0 Å². The van der Waals surface area contributed by atoms with E-state index in [-0.39, 0.29) is 11.9 Å². The van der Waals surface area contributed by atoms with Crippen molar-refractivity contribution >= 4 is 5.91 Å². The van der Waals surface area contributed by atoms with Crippen molar-refractivity contribution < 1.29 is 14.3 Å². The number of hydrogen-bond acceptors (Lipinski definition) is 3. The summed E-state index contributed by atoms with van der Waals surface area (Å²) in [5.74, 6) is 1.34. The summed E-state index contributed by atoms with van der Waals surface area (Å²) in [4.78, 5) is 12.3. The Bertz CT molecular complexity index is 635. The monoisotopic (exact) mass is 313 g/mol. The summed E-state index contributed by atoms with van der Waals surface area (Å²) in [6.45, 7) is 5.70. The second kappa shape index (κ2) is 7.68. The second-order valence-corrected chi connectivity index (χ2v) is 5.58. The standard InChI is InChI=1S/C19H23NO3/c1-13-5-9-18(10-6-13)23-15(3)19(21)20-14(2)16-7-11-17(22-4)12-8-16/h5-12,14-15H,1-4H3,(H,20,21)/t14-,15+/m1/s1. The van der Waals surface area contributed by atoms with E-state index in [1.165, 1.54) is 0 Å². The number of hydrogen-bond donors (Lipinski definition) is 1. The molecule has 0 bridgehead atoms. The quantitative estimate of drug-likeness (QED) is 0.885. The maximum atomic E-state index is 12.3. The molecule has 0 radical (unpaired) electrons. The topological polar surface area (TPSA) is 47.6 Å². The highest BCUT2D eigenvalue weighted by Gasteiger charge is 2.17. The molecule has 4 nitrogen and oxygen atoms in total. The minimum atomic E-state index is -0.557. The van der Waals surface area contributed by atoms with E-state index in [0.717, 1.165) is 16.9 Å². The third-order valence-corrected chi connectivity index (χ3v) is 3.68. The first-order chi connectivity index (χ1) is 11.0. The van der Waals surface area contributed by atoms with E-state index in [4.69, 9.17) is 9.47 Å². The van der Waals surface area contributed by atoms with Crippen LogP contribution < -0.4 is 14.8 Å². The zero-order valence-corrected chi connectivity index (χ0v) is 14.0. The Hall–Kier alpha value is -2.49. The van der Waals surface area contributed by atoms with E-state index in [1.54, 1.807) is 14.0 Å². The molecule has 0 aliphatic rings. The molecule has 122 valence electrons. The third-order valence-electron chi connectivity index (χ3n) is 3.68. The molecule has 2 atom stereocenters. The Morgan fingerprint density at radius 1 is 0.957 bits per heavy atom. The molecule has 4 heteroatoms. The van der Waals surface area contributed by atoms with Crippen LogP contribution in [0.3, 0.4) is 0 Å². The molecule has 0 unspecified atom stereocenters. The van der Waals surface area contributed by atoms with Gasteiger partial charge in [0.1, 0.15) is 11.5 Å². The van der Waals surface area contributed by atoms with E-state index in [1.807, 2.05) is 62.4 Å². The van der Waals surface area contributed by atoms with Gasteiger partial charge in [0.15, 0.2) is 6.10 Å². The fourth-order valence-electron chi connectivity index (χ4n) is 2.18. The van der Waals surface area contributed by atoms with E-state index in [9.17, 15) is 4.79 Å². The van der Waals surface area contributed by atoms with Crippen LogP contribution in [0.15, 0.2) is 48.5 Å². The van der Waals surface area contributed by atoms with Gasteiger partial charge in [0, 0.05) is 0 Å². The maximum Gasteiger partial charge on any atom is 0.261 e. The van der Waals surface area contributed by atoms with Crippen molar-refractivity contribution in [2.24, 2.45) is 0 Å². The van der Waals surface area contributed by atoms with Crippen molar-refractivity contribution in [3.05, 3.63) is 59.7 Å². The molecule has 1 amide bonds. The molecule has 0 saturated heterocycles. The molecule has 2 aromatic carbocycles. The number of ether oxygens (including phenoxy) is 2. The molecule has 1 N–H and O–H groups in total. The molecule has 0 aliphatic heterocycles. The first kappa shape index (κ1) is 16.9. The van der Waals surface area contributed by atoms with Gasteiger partial charge in [-0.2, -0.15) is 0 Å². The van der Waals surface area contributed by atoms with E-state index in [0.29, 0.717) is 5.75 Å². The molecule has 23 heavy (non-hydrogen) atoms. The summed E-state index contributed by atoms with van der Waals surface area (Å²) < 4.78 is 10.8. The summed E-state index contributed by atoms with van der Waals surface area (Å²) in [6, 6.07) is 15.2. The maximum absolute atomic E-state index is 12.3. The summed E-state index contributed by atoms with van der Waals surface area (Å²) in [5.41, 5.74) is 2.17. The van der Waals surface area contributed by atoms with Crippen LogP contribution in [0, 0.1) is 6.92 Å². The molecule has 0 aromatic heterocycles. The van der Waals surface area contributed by atoms with Gasteiger partial charge in [0.25, 0.3) is 5.91 Å². The van der Waals surface area contributed by atoms with Crippen LogP contribution in [-0.2, 0) is 4.79 Å². The number of nitrogens with one attached hydrogen (secondary N) is 1. The van der Waals surface area contributed by atoms with Gasteiger partial charge in [-0.3, -0.25) is 4.79 Å². The number of amides is 1. The average molecular weight is 313 g/mol. The van der Waals surface area contributed by atoms with Gasteiger partial charge in [-0.25, -0.2) is 0 Å². The minimum absolute atomic E-state index is 0.0996. The fourth-order valence-corrected chi connectivity index (χ4v) is 2.18. The highest BCUT2D eigenvalue weighted by molar-refractivity contribution is 5.81. The lowest BCUT2D eigenvalue weighted by Gasteiger charge is -2.19. The Kier molecular flexibility index (Phi) is 5.63. The van der Waals surface area contributed by atoms with Crippen LogP contribution in [0.2, 0.25) is 0 Å². The predicted molar refractivity (Wildman–Crippen MR) is 90.8 cm³/mol. The Morgan fingerprint density at radius 2 is 1.52 bits per heavy atom. The van der Waals surface area contributed by atoms with Gasteiger partial charge in [0.2, 0.25) is 0 Å². The Labute approximate surface area is 137 Å². The first-order valence-electron chi connectivity index (χ1n) is 7.67. The molecule has 2 rings (SSSR count). The zero-order chi connectivity index (χ0) is 16.8. The number of aryl methyl sites for hydroxylation is 1. The van der Waals surface area contributed by atoms with Crippen molar-refractivity contribution in [2.45, 2.75) is 32.9 Å². The largest absolute Gasteiger partial charge is 0.497 e. The highest BCUT2D eigenvalue weighted by Crippen LogP contribution is 2.18. The summed E-state index contributed by atoms with van der Waals surface area (Å²) in [7, 11) is 1.63. The Morgan fingerprint density at radius 3 is 2.09 bits per heavy atom. The summed E-state index contributed by atoms with van der Waals surface area (Å²) >= 11 is 0. The molecule has 0 spiro atoms. The average Bonchev–Trinajstić information content (AvgIpc) is 2.56. The second-order valence-electron chi connectivity index (χ2n) is 5.58. The van der Waals surface area contributed by atoms with Crippen LogP contribution in [0.5, 0.6) is 11.5 Å². The third kappa shape index (κ3) is 4.74. The normalized spacial score (nSPS) is 13.0. The molecular formula is C19H23NO3. The lowest BCUT2D eigenvalue weighted by atomic mass is 10.1. The molecule has 2 aromatic rings. The van der Waals surface area contributed by atoms with Crippen LogP contribution >= 0.6 is 0 Å². The molecule has 0 aliphatic carbocycles. The number of benzene rings is 2. The van der Waals surface area contributed by atoms with Gasteiger partial charge in [-0.05, 0) is 50.6 Å². The fraction of sp³-hybridized carbons (Fsp3) is 0.316. The van der Waals surface area contributed by atoms with Crippen LogP contribution in [-0.4, -0.2) is 19.1 Å². The smallest absolute Gasteiger partial charge is 0.261 e. The number of rotatable bonds is 6. The van der Waals surface area contributed by atoms with Crippen molar-refractivity contribution in [3.8, 4) is 11.5 Å². The molecule has 0 saturated carbocycles. The molecule has 0 fully saturated rings. The zero-order valence-electron chi connectivity index (χ0n) is 14.0. The van der Waals surface area contributed by atoms with Gasteiger partial charge in [0.05, 0.1) is 13.2 Å². The number of methoxy groups -OCH3 is 1. The van der Waals surface area contributed by atoms with Gasteiger partial charge in [-0.15, -0.1) is 0 Å². The number of carbonyl (C=O) groups is 1. The van der Waals surface area contributed by atoms with Crippen molar-refractivity contribution in [1.82, 2.24) is 5.32 Å². The minimum Gasteiger partial charge on any atom is -0.497 e. The first-order valence-corrected chi connectivity index (χ1v) is 7.67. The highest BCUT2D eigenvalue weighted by atomic mass is 16.5. The number of carbonyl (C=O) groups excluding carboxylic acids is 1. The van der Waals surface area contributed by atoms with Gasteiger partial charge in [-0.1, -0.05) is 29.8 Å². The van der Waals surface area contributed by atoms with Crippen LogP contribution in [0.4, 0.5) is 0 Å². The lowest BCUT2D eigenvalue weighted by Crippen LogP contribution is -2.37. The van der Waals surface area contributed by atoms with E-state index >= 15 is 0 Å². The van der Waals surface area contributed by atoms with E-state index < -0.39 is 6.10 Å². The van der Waals surface area contributed by atoms with Crippen molar-refractivity contribution in [2.75, 3.05) is 7.11 Å². The predicted octanol–water partition coefficient (Wildman–Crippen LogP) is 3.65.